The van der Waals surface area contributed by atoms with Crippen molar-refractivity contribution >= 4 is 13.7 Å². The maximum Gasteiger partial charge on any atom is 0.472 e. The molecule has 0 aliphatic carbocycles. The topological polar surface area (TPSA) is 105 Å². The van der Waals surface area contributed by atoms with E-state index in [2.05, 4.69) is 153 Å². The summed E-state index contributed by atoms with van der Waals surface area (Å²) in [6.07, 6.45) is 89.7. The number of hydrogen-bond donors (Lipinski definition) is 3. The second-order valence-electron chi connectivity index (χ2n) is 21.7. The minimum atomic E-state index is -4.37. The van der Waals surface area contributed by atoms with Gasteiger partial charge in [0.1, 0.15) is 13.2 Å². The first-order chi connectivity index (χ1) is 38.0. The first-order valence-electron chi connectivity index (χ1n) is 31.2. The Bertz CT molecular complexity index is 1780. The number of rotatable bonds is 55. The molecule has 78 heavy (non-hydrogen) atoms. The number of aliphatic hydroxyl groups excluding tert-OH is 1. The van der Waals surface area contributed by atoms with Gasteiger partial charge in [0.2, 0.25) is 5.91 Å². The molecule has 1 amide bonds. The fourth-order valence-corrected chi connectivity index (χ4v) is 8.92. The third-order valence-electron chi connectivity index (χ3n) is 13.0. The smallest absolute Gasteiger partial charge is 0.387 e. The van der Waals surface area contributed by atoms with Gasteiger partial charge in [-0.2, -0.15) is 0 Å². The molecule has 0 rings (SSSR count). The van der Waals surface area contributed by atoms with E-state index in [1.807, 2.05) is 27.2 Å². The largest absolute Gasteiger partial charge is 0.472 e. The molecule has 0 spiro atoms. The van der Waals surface area contributed by atoms with Crippen molar-refractivity contribution < 1.29 is 32.9 Å². The van der Waals surface area contributed by atoms with Crippen LogP contribution in [0.3, 0.4) is 0 Å². The van der Waals surface area contributed by atoms with Crippen molar-refractivity contribution in [1.82, 2.24) is 5.32 Å². The molecule has 0 fully saturated rings. The quantitative estimate of drug-likeness (QED) is 0.0243. The molecule has 3 atom stereocenters. The molecule has 0 aromatic carbocycles. The lowest BCUT2D eigenvalue weighted by molar-refractivity contribution is -0.870. The van der Waals surface area contributed by atoms with Crippen LogP contribution in [0, 0.1) is 0 Å². The molecular formula is C69H118N2O6P+. The fraction of sp³-hybridized carbons (Fsp3) is 0.638. The lowest BCUT2D eigenvalue weighted by atomic mass is 10.0. The van der Waals surface area contributed by atoms with Crippen molar-refractivity contribution in [2.45, 2.75) is 244 Å². The molecule has 0 bridgehead atoms. The molecule has 0 aromatic heterocycles. The second kappa shape index (κ2) is 58.0. The third kappa shape index (κ3) is 60.0. The van der Waals surface area contributed by atoms with Crippen molar-refractivity contribution in [3.8, 4) is 0 Å². The van der Waals surface area contributed by atoms with Crippen LogP contribution in [0.5, 0.6) is 0 Å². The normalized spacial score (nSPS) is 14.8. The number of unbranched alkanes of at least 4 members (excludes halogenated alkanes) is 20. The Balaban J connectivity index is 4.09. The highest BCUT2D eigenvalue weighted by atomic mass is 31.2. The molecule has 0 aliphatic rings. The van der Waals surface area contributed by atoms with Gasteiger partial charge in [-0.1, -0.05) is 256 Å². The van der Waals surface area contributed by atoms with Crippen molar-refractivity contribution in [2.75, 3.05) is 40.9 Å². The van der Waals surface area contributed by atoms with Crippen LogP contribution in [-0.2, 0) is 18.4 Å². The monoisotopic (exact) mass is 1100 g/mol. The molecule has 0 saturated carbocycles. The summed E-state index contributed by atoms with van der Waals surface area (Å²) in [7, 11) is 1.53. The van der Waals surface area contributed by atoms with E-state index in [9.17, 15) is 19.4 Å². The highest BCUT2D eigenvalue weighted by Crippen LogP contribution is 2.43. The number of carbonyl (C=O) groups excluding carboxylic acids is 1. The zero-order chi connectivity index (χ0) is 57.0. The molecular weight excluding hydrogens is 984 g/mol. The van der Waals surface area contributed by atoms with Crippen molar-refractivity contribution in [3.63, 3.8) is 0 Å². The average molecular weight is 1100 g/mol. The molecule has 0 aliphatic heterocycles. The summed E-state index contributed by atoms with van der Waals surface area (Å²) in [6.45, 7) is 4.64. The summed E-state index contributed by atoms with van der Waals surface area (Å²) in [5.74, 6) is -0.198. The first-order valence-corrected chi connectivity index (χ1v) is 32.7. The Kier molecular flexibility index (Phi) is 55.4. The predicted octanol–water partition coefficient (Wildman–Crippen LogP) is 19.6. The van der Waals surface area contributed by atoms with Crippen LogP contribution < -0.4 is 5.32 Å². The van der Waals surface area contributed by atoms with E-state index in [0.717, 1.165) is 103 Å². The van der Waals surface area contributed by atoms with E-state index in [1.165, 1.54) is 109 Å². The number of likely N-dealkylation sites (N-methyl/N-ethyl adjacent to an activating group) is 1. The number of allylic oxidation sites excluding steroid dienone is 23. The predicted molar refractivity (Wildman–Crippen MR) is 341 cm³/mol. The van der Waals surface area contributed by atoms with E-state index in [-0.39, 0.29) is 19.1 Å². The number of hydrogen-bond acceptors (Lipinski definition) is 5. The molecule has 3 N–H and O–H groups in total. The van der Waals surface area contributed by atoms with Crippen LogP contribution in [0.2, 0.25) is 0 Å². The van der Waals surface area contributed by atoms with Gasteiger partial charge in [-0.15, -0.1) is 0 Å². The van der Waals surface area contributed by atoms with Crippen LogP contribution in [0.4, 0.5) is 0 Å². The third-order valence-corrected chi connectivity index (χ3v) is 14.0. The summed E-state index contributed by atoms with van der Waals surface area (Å²) in [5, 5.41) is 13.9. The summed E-state index contributed by atoms with van der Waals surface area (Å²) in [4.78, 5) is 23.3. The van der Waals surface area contributed by atoms with Crippen molar-refractivity contribution in [3.05, 3.63) is 146 Å². The number of carbonyl (C=O) groups is 1. The SMILES string of the molecule is CC/C=C\C/C=C\C/C=C\C/C=C\C/C=C\C/C=C\C/C=C\C/C=C\C/C=C\CCCCCCCCCCCCCCCC(=O)NC(COP(=O)(O)OCC[N+](C)(C)C)C(O)/C=C/CC/C=C/CC/C=C/CCCCCCC. The van der Waals surface area contributed by atoms with Crippen molar-refractivity contribution in [1.29, 1.82) is 0 Å². The molecule has 8 nitrogen and oxygen atoms in total. The zero-order valence-corrected chi connectivity index (χ0v) is 51.5. The number of phosphoric ester groups is 1. The summed E-state index contributed by atoms with van der Waals surface area (Å²) in [5.41, 5.74) is 0. The summed E-state index contributed by atoms with van der Waals surface area (Å²) >= 11 is 0. The standard InChI is InChI=1S/C69H117N2O6P/c1-6-8-10-12-14-16-18-20-22-23-24-25-26-27-28-29-30-31-32-33-34-35-36-37-38-39-40-41-42-43-44-45-46-47-49-51-53-55-57-59-61-63-69(73)70-67(66-77-78(74,75)76-65-64-71(3,4)5)68(72)62-60-58-56-54-52-50-48-21-19-17-15-13-11-9-7-2/h8,10,14,16,19-22,24-25,27-28,30-31,33-34,36-37,39-40,52,54,60,62,67-68,72H,6-7,9,11-13,15,17-18,23,26,29,32,35,38,41-51,53,55-59,61,63-66H2,1-5H3,(H-,70,73,74,75)/p+1/b10-8-,16-14-,21-19+,22-20-,25-24-,28-27-,31-30-,34-33-,37-36-,40-39-,54-52+,62-60+. The number of aliphatic hydroxyl groups is 1. The maximum atomic E-state index is 13.0. The lowest BCUT2D eigenvalue weighted by Crippen LogP contribution is -2.45. The fourth-order valence-electron chi connectivity index (χ4n) is 8.18. The van der Waals surface area contributed by atoms with Crippen LogP contribution in [-0.4, -0.2) is 73.4 Å². The lowest BCUT2D eigenvalue weighted by Gasteiger charge is -2.25. The molecule has 0 radical (unpaired) electrons. The van der Waals surface area contributed by atoms with E-state index in [0.29, 0.717) is 17.4 Å². The van der Waals surface area contributed by atoms with Gasteiger partial charge in [-0.05, 0) is 116 Å². The Morgan fingerprint density at radius 2 is 0.782 bits per heavy atom. The molecule has 444 valence electrons. The van der Waals surface area contributed by atoms with Crippen LogP contribution in [0.15, 0.2) is 146 Å². The van der Waals surface area contributed by atoms with E-state index < -0.39 is 20.0 Å². The minimum Gasteiger partial charge on any atom is -0.387 e. The van der Waals surface area contributed by atoms with Gasteiger partial charge in [0.05, 0.1) is 39.9 Å². The van der Waals surface area contributed by atoms with Gasteiger partial charge in [-0.25, -0.2) is 4.57 Å². The minimum absolute atomic E-state index is 0.0472. The summed E-state index contributed by atoms with van der Waals surface area (Å²) < 4.78 is 23.7. The van der Waals surface area contributed by atoms with Gasteiger partial charge in [0.25, 0.3) is 0 Å². The Morgan fingerprint density at radius 3 is 1.18 bits per heavy atom. The number of nitrogens with zero attached hydrogens (tertiary/aromatic N) is 1. The molecule has 9 heteroatoms. The van der Waals surface area contributed by atoms with Crippen LogP contribution >= 0.6 is 7.82 Å². The van der Waals surface area contributed by atoms with Crippen LogP contribution in [0.25, 0.3) is 0 Å². The number of quaternary nitrogens is 1. The van der Waals surface area contributed by atoms with Gasteiger partial charge in [0.15, 0.2) is 0 Å². The van der Waals surface area contributed by atoms with Gasteiger partial charge < -0.3 is 19.8 Å². The van der Waals surface area contributed by atoms with Gasteiger partial charge in [-0.3, -0.25) is 13.8 Å². The molecule has 3 unspecified atom stereocenters. The first kappa shape index (κ1) is 74.4. The van der Waals surface area contributed by atoms with Gasteiger partial charge >= 0.3 is 7.82 Å². The molecule has 0 heterocycles. The highest BCUT2D eigenvalue weighted by molar-refractivity contribution is 7.47. The highest BCUT2D eigenvalue weighted by Gasteiger charge is 2.27. The number of amides is 1. The Hall–Kier alpha value is -3.62. The van der Waals surface area contributed by atoms with E-state index in [1.54, 1.807) is 6.08 Å². The average Bonchev–Trinajstić information content (AvgIpc) is 3.41. The zero-order valence-electron chi connectivity index (χ0n) is 50.6. The summed E-state index contributed by atoms with van der Waals surface area (Å²) in [6, 6.07) is -0.879. The van der Waals surface area contributed by atoms with Crippen LogP contribution in [0.1, 0.15) is 232 Å². The van der Waals surface area contributed by atoms with Crippen molar-refractivity contribution in [2.24, 2.45) is 0 Å². The number of nitrogens with one attached hydrogen (secondary N) is 1. The second-order valence-corrected chi connectivity index (χ2v) is 23.1. The maximum absolute atomic E-state index is 13.0. The Morgan fingerprint density at radius 1 is 0.449 bits per heavy atom. The number of phosphoric acid groups is 1. The van der Waals surface area contributed by atoms with E-state index >= 15 is 0 Å². The Labute approximate surface area is 480 Å². The molecule has 0 aromatic rings. The molecule has 0 saturated heterocycles. The van der Waals surface area contributed by atoms with E-state index in [4.69, 9.17) is 9.05 Å². The van der Waals surface area contributed by atoms with Gasteiger partial charge in [0, 0.05) is 6.42 Å².